The van der Waals surface area contributed by atoms with Crippen molar-refractivity contribution in [3.05, 3.63) is 12.2 Å². The molecule has 0 N–H and O–H groups in total. The minimum atomic E-state index is -0.486. The molecule has 2 saturated heterocycles. The third-order valence-electron chi connectivity index (χ3n) is 10.7. The normalized spacial score (nSPS) is 35.9. The SMILES string of the molecule is C=C(C)C(=O)OC12CC3CC(OCCCCC4(CC)COC4)(CC(OCCCCC4(CC)COC4)(C3)C1)C2. The van der Waals surface area contributed by atoms with Crippen LogP contribution < -0.4 is 0 Å². The Labute approximate surface area is 230 Å². The molecule has 0 aromatic heterocycles. The standard InChI is InChI=1S/C32H52O6/c1-5-28(21-34-22-28)11-7-9-13-36-30-15-26-16-31(18-30,20-32(17-26,19-30)38-27(33)25(3)4)37-14-10-8-12-29(6-2)23-35-24-29/h26H,3,5-24H2,1-2,4H3. The zero-order valence-electron chi connectivity index (χ0n) is 24.4. The largest absolute Gasteiger partial charge is 0.455 e. The number of unbranched alkanes of at least 4 members (excludes halogenated alkanes) is 2. The van der Waals surface area contributed by atoms with Gasteiger partial charge in [-0.15, -0.1) is 0 Å². The monoisotopic (exact) mass is 532 g/mol. The molecule has 2 aliphatic heterocycles. The topological polar surface area (TPSA) is 63.2 Å². The van der Waals surface area contributed by atoms with Gasteiger partial charge in [-0.1, -0.05) is 33.3 Å². The van der Waals surface area contributed by atoms with E-state index in [1.54, 1.807) is 6.92 Å². The van der Waals surface area contributed by atoms with E-state index < -0.39 is 5.60 Å². The van der Waals surface area contributed by atoms with E-state index in [1.807, 2.05) is 0 Å². The fourth-order valence-electron chi connectivity index (χ4n) is 8.51. The fraction of sp³-hybridized carbons (Fsp3) is 0.906. The molecule has 0 aromatic rings. The zero-order valence-corrected chi connectivity index (χ0v) is 24.4. The van der Waals surface area contributed by atoms with E-state index in [0.717, 1.165) is 91.0 Å². The molecule has 2 atom stereocenters. The van der Waals surface area contributed by atoms with Crippen LogP contribution in [-0.4, -0.2) is 62.4 Å². The number of carbonyl (C=O) groups is 1. The van der Waals surface area contributed by atoms with Crippen LogP contribution >= 0.6 is 0 Å². The van der Waals surface area contributed by atoms with Crippen molar-refractivity contribution in [3.8, 4) is 0 Å². The first-order chi connectivity index (χ1) is 18.2. The second-order valence-electron chi connectivity index (χ2n) is 14.0. The van der Waals surface area contributed by atoms with Gasteiger partial charge in [0.05, 0.1) is 37.6 Å². The van der Waals surface area contributed by atoms with Crippen LogP contribution in [0.2, 0.25) is 0 Å². The first-order valence-electron chi connectivity index (χ1n) is 15.5. The van der Waals surface area contributed by atoms with Gasteiger partial charge < -0.3 is 23.7 Å². The van der Waals surface area contributed by atoms with E-state index in [4.69, 9.17) is 23.7 Å². The molecule has 4 bridgehead atoms. The number of esters is 1. The lowest BCUT2D eigenvalue weighted by atomic mass is 9.50. The average molecular weight is 533 g/mol. The summed E-state index contributed by atoms with van der Waals surface area (Å²) in [7, 11) is 0. The highest BCUT2D eigenvalue weighted by atomic mass is 16.6. The number of hydrogen-bond acceptors (Lipinski definition) is 6. The Morgan fingerprint density at radius 3 is 1.61 bits per heavy atom. The van der Waals surface area contributed by atoms with Crippen LogP contribution in [0.25, 0.3) is 0 Å². The molecule has 6 aliphatic rings. The summed E-state index contributed by atoms with van der Waals surface area (Å²) in [5.41, 5.74) is 0.309. The molecule has 0 amide bonds. The maximum Gasteiger partial charge on any atom is 0.333 e. The molecule has 0 aromatic carbocycles. The van der Waals surface area contributed by atoms with Crippen LogP contribution in [0.4, 0.5) is 0 Å². The third kappa shape index (κ3) is 5.89. The average Bonchev–Trinajstić information content (AvgIpc) is 2.80. The third-order valence-corrected chi connectivity index (χ3v) is 10.7. The number of rotatable bonds is 16. The molecule has 6 heteroatoms. The molecule has 38 heavy (non-hydrogen) atoms. The second kappa shape index (κ2) is 11.1. The predicted octanol–water partition coefficient (Wildman–Crippen LogP) is 6.55. The van der Waals surface area contributed by atoms with Crippen molar-refractivity contribution < 1.29 is 28.5 Å². The Hall–Kier alpha value is -0.950. The first kappa shape index (κ1) is 28.6. The van der Waals surface area contributed by atoms with Crippen LogP contribution in [0.1, 0.15) is 111 Å². The van der Waals surface area contributed by atoms with Gasteiger partial charge >= 0.3 is 5.97 Å². The van der Waals surface area contributed by atoms with Gasteiger partial charge in [0.2, 0.25) is 0 Å². The maximum atomic E-state index is 12.7. The quantitative estimate of drug-likeness (QED) is 0.128. The summed E-state index contributed by atoms with van der Waals surface area (Å²) in [4.78, 5) is 12.7. The number of hydrogen-bond donors (Lipinski definition) is 0. The Balaban J connectivity index is 1.19. The van der Waals surface area contributed by atoms with Crippen LogP contribution in [0.5, 0.6) is 0 Å². The van der Waals surface area contributed by atoms with Crippen LogP contribution in [0.15, 0.2) is 12.2 Å². The number of ether oxygens (including phenoxy) is 5. The Kier molecular flexibility index (Phi) is 8.38. The predicted molar refractivity (Wildman–Crippen MR) is 147 cm³/mol. The highest BCUT2D eigenvalue weighted by Gasteiger charge is 2.66. The van der Waals surface area contributed by atoms with Crippen molar-refractivity contribution in [2.75, 3.05) is 39.6 Å². The summed E-state index contributed by atoms with van der Waals surface area (Å²) in [6.07, 6.45) is 14.9. The zero-order chi connectivity index (χ0) is 26.9. The Morgan fingerprint density at radius 1 is 0.763 bits per heavy atom. The molecule has 0 radical (unpaired) electrons. The summed E-state index contributed by atoms with van der Waals surface area (Å²) in [5, 5.41) is 0. The fourth-order valence-corrected chi connectivity index (χ4v) is 8.51. The number of carbonyl (C=O) groups excluding carboxylic acids is 1. The summed E-state index contributed by atoms with van der Waals surface area (Å²) in [6, 6.07) is 0. The smallest absolute Gasteiger partial charge is 0.333 e. The molecule has 216 valence electrons. The lowest BCUT2D eigenvalue weighted by Gasteiger charge is -2.64. The second-order valence-corrected chi connectivity index (χ2v) is 14.0. The van der Waals surface area contributed by atoms with E-state index in [9.17, 15) is 4.79 Å². The lowest BCUT2D eigenvalue weighted by molar-refractivity contribution is -0.284. The van der Waals surface area contributed by atoms with E-state index in [2.05, 4.69) is 20.4 Å². The van der Waals surface area contributed by atoms with Gasteiger partial charge in [0, 0.05) is 48.9 Å². The van der Waals surface area contributed by atoms with E-state index in [0.29, 0.717) is 22.3 Å². The van der Waals surface area contributed by atoms with E-state index in [1.165, 1.54) is 38.5 Å². The van der Waals surface area contributed by atoms with Crippen molar-refractivity contribution in [1.29, 1.82) is 0 Å². The Morgan fingerprint density at radius 2 is 1.21 bits per heavy atom. The van der Waals surface area contributed by atoms with E-state index >= 15 is 0 Å². The van der Waals surface area contributed by atoms with Crippen LogP contribution in [0.3, 0.4) is 0 Å². The summed E-state index contributed by atoms with van der Waals surface area (Å²) >= 11 is 0. The molecule has 6 nitrogen and oxygen atoms in total. The molecule has 0 spiro atoms. The molecule has 4 aliphatic carbocycles. The molecule has 6 rings (SSSR count). The molecule has 2 unspecified atom stereocenters. The van der Waals surface area contributed by atoms with Gasteiger partial charge in [0.25, 0.3) is 0 Å². The van der Waals surface area contributed by atoms with Gasteiger partial charge in [-0.25, -0.2) is 4.79 Å². The highest BCUT2D eigenvalue weighted by molar-refractivity contribution is 5.87. The van der Waals surface area contributed by atoms with Crippen molar-refractivity contribution >= 4 is 5.97 Å². The van der Waals surface area contributed by atoms with Crippen molar-refractivity contribution in [2.24, 2.45) is 16.7 Å². The van der Waals surface area contributed by atoms with Crippen molar-refractivity contribution in [1.82, 2.24) is 0 Å². The van der Waals surface area contributed by atoms with Crippen LogP contribution in [-0.2, 0) is 28.5 Å². The Bertz CT molecular complexity index is 799. The van der Waals surface area contributed by atoms with Crippen molar-refractivity contribution in [2.45, 2.75) is 127 Å². The highest BCUT2D eigenvalue weighted by Crippen LogP contribution is 2.63. The first-order valence-corrected chi connectivity index (χ1v) is 15.5. The van der Waals surface area contributed by atoms with Gasteiger partial charge in [0.1, 0.15) is 5.60 Å². The van der Waals surface area contributed by atoms with E-state index in [-0.39, 0.29) is 17.2 Å². The lowest BCUT2D eigenvalue weighted by Crippen LogP contribution is -2.68. The summed E-state index contributed by atoms with van der Waals surface area (Å²) in [6.45, 7) is 15.4. The minimum Gasteiger partial charge on any atom is -0.455 e. The van der Waals surface area contributed by atoms with Gasteiger partial charge in [-0.2, -0.15) is 0 Å². The van der Waals surface area contributed by atoms with Crippen LogP contribution in [0, 0.1) is 16.7 Å². The van der Waals surface area contributed by atoms with Gasteiger partial charge in [-0.05, 0) is 70.6 Å². The van der Waals surface area contributed by atoms with Crippen molar-refractivity contribution in [3.63, 3.8) is 0 Å². The molecule has 4 saturated carbocycles. The summed E-state index contributed by atoms with van der Waals surface area (Å²) in [5.74, 6) is 0.215. The molecular weight excluding hydrogens is 480 g/mol. The summed E-state index contributed by atoms with van der Waals surface area (Å²) < 4.78 is 30.9. The minimum absolute atomic E-state index is 0.244. The molecule has 2 heterocycles. The van der Waals surface area contributed by atoms with Gasteiger partial charge in [0.15, 0.2) is 0 Å². The van der Waals surface area contributed by atoms with Gasteiger partial charge in [-0.3, -0.25) is 0 Å². The molecule has 6 fully saturated rings. The maximum absolute atomic E-state index is 12.7. The molecular formula is C32H52O6.